The zero-order valence-electron chi connectivity index (χ0n) is 18.1. The average Bonchev–Trinajstić information content (AvgIpc) is 3.28. The Morgan fingerprint density at radius 2 is 1.79 bits per heavy atom. The minimum atomic E-state index is -3.77. The molecule has 1 atom stereocenters. The number of nitrogens with one attached hydrogen (secondary N) is 1. The van der Waals surface area contributed by atoms with Crippen molar-refractivity contribution in [1.29, 1.82) is 0 Å². The van der Waals surface area contributed by atoms with Gasteiger partial charge in [0.2, 0.25) is 11.8 Å². The number of nitrogens with zero attached hydrogens (tertiary/aromatic N) is 1. The molecule has 5 rings (SSSR count). The Balaban J connectivity index is 1.44. The predicted octanol–water partition coefficient (Wildman–Crippen LogP) is 3.77. The number of primary amides is 1. The van der Waals surface area contributed by atoms with Crippen LogP contribution in [0.25, 0.3) is 11.3 Å². The van der Waals surface area contributed by atoms with Crippen LogP contribution in [0.15, 0.2) is 48.5 Å². The number of benzene rings is 2. The van der Waals surface area contributed by atoms with Crippen LogP contribution < -0.4 is 25.3 Å². The van der Waals surface area contributed by atoms with Crippen molar-refractivity contribution < 1.29 is 32.6 Å². The molecule has 0 fully saturated rings. The second-order valence-electron chi connectivity index (χ2n) is 8.34. The number of ether oxygens (including phenoxy) is 3. The minimum Gasteiger partial charge on any atom is -0.492 e. The third kappa shape index (κ3) is 3.57. The van der Waals surface area contributed by atoms with Gasteiger partial charge in [-0.05, 0) is 43.7 Å². The number of hydrogen-bond acceptors (Lipinski definition) is 6. The summed E-state index contributed by atoms with van der Waals surface area (Å²) in [6.07, 6.45) is -3.77. The highest BCUT2D eigenvalue weighted by Gasteiger charge is 2.49. The first-order valence-corrected chi connectivity index (χ1v) is 10.3. The number of carbonyl (C=O) groups excluding carboxylic acids is 2. The SMILES string of the molecule is Cc1ccc(NC(=O)C2(C)COc3cc4c(cc32)OC(F)(F)O4)nc1-c1cccc(C(N)=O)c1. The van der Waals surface area contributed by atoms with Gasteiger partial charge in [0, 0.05) is 22.8 Å². The summed E-state index contributed by atoms with van der Waals surface area (Å²) in [5.41, 5.74) is 6.99. The van der Waals surface area contributed by atoms with E-state index < -0.39 is 23.5 Å². The molecule has 3 heterocycles. The Morgan fingerprint density at radius 3 is 2.53 bits per heavy atom. The van der Waals surface area contributed by atoms with Gasteiger partial charge in [-0.25, -0.2) is 4.98 Å². The molecule has 0 saturated heterocycles. The maximum Gasteiger partial charge on any atom is 0.586 e. The first kappa shape index (κ1) is 21.6. The number of carbonyl (C=O) groups is 2. The van der Waals surface area contributed by atoms with Gasteiger partial charge in [0.15, 0.2) is 11.5 Å². The van der Waals surface area contributed by atoms with E-state index in [2.05, 4.69) is 19.8 Å². The summed E-state index contributed by atoms with van der Waals surface area (Å²) in [4.78, 5) is 29.4. The number of anilines is 1. The molecule has 34 heavy (non-hydrogen) atoms. The van der Waals surface area contributed by atoms with Gasteiger partial charge in [-0.2, -0.15) is 0 Å². The number of aromatic nitrogens is 1. The fraction of sp³-hybridized carbons (Fsp3) is 0.208. The van der Waals surface area contributed by atoms with Gasteiger partial charge < -0.3 is 25.3 Å². The molecule has 2 amide bonds. The monoisotopic (exact) mass is 467 g/mol. The van der Waals surface area contributed by atoms with E-state index in [9.17, 15) is 18.4 Å². The zero-order valence-corrected chi connectivity index (χ0v) is 18.1. The van der Waals surface area contributed by atoms with E-state index in [4.69, 9.17) is 10.5 Å². The van der Waals surface area contributed by atoms with E-state index in [1.165, 1.54) is 12.1 Å². The Kier molecular flexibility index (Phi) is 4.71. The molecule has 0 spiro atoms. The molecule has 0 bridgehead atoms. The molecule has 2 aliphatic heterocycles. The maximum absolute atomic E-state index is 13.4. The van der Waals surface area contributed by atoms with E-state index >= 15 is 0 Å². The lowest BCUT2D eigenvalue weighted by Crippen LogP contribution is -2.39. The number of alkyl halides is 2. The second kappa shape index (κ2) is 7.41. The zero-order chi connectivity index (χ0) is 24.3. The predicted molar refractivity (Wildman–Crippen MR) is 117 cm³/mol. The van der Waals surface area contributed by atoms with Crippen molar-refractivity contribution >= 4 is 17.6 Å². The molecule has 174 valence electrons. The Morgan fingerprint density at radius 1 is 1.06 bits per heavy atom. The number of pyridine rings is 1. The number of amides is 2. The van der Waals surface area contributed by atoms with Gasteiger partial charge in [-0.15, -0.1) is 8.78 Å². The lowest BCUT2D eigenvalue weighted by molar-refractivity contribution is -0.286. The number of fused-ring (bicyclic) bond motifs is 2. The number of halogens is 2. The van der Waals surface area contributed by atoms with E-state index in [1.54, 1.807) is 43.3 Å². The van der Waals surface area contributed by atoms with Crippen molar-refractivity contribution in [3.05, 3.63) is 65.2 Å². The number of rotatable bonds is 4. The van der Waals surface area contributed by atoms with Crippen LogP contribution in [0, 0.1) is 6.92 Å². The summed E-state index contributed by atoms with van der Waals surface area (Å²) in [5, 5.41) is 2.78. The van der Waals surface area contributed by atoms with Gasteiger partial charge in [-0.3, -0.25) is 9.59 Å². The fourth-order valence-corrected chi connectivity index (χ4v) is 3.98. The van der Waals surface area contributed by atoms with Crippen LogP contribution in [0.2, 0.25) is 0 Å². The molecule has 8 nitrogen and oxygen atoms in total. The number of hydrogen-bond donors (Lipinski definition) is 2. The van der Waals surface area contributed by atoms with Gasteiger partial charge in [0.05, 0.1) is 5.69 Å². The summed E-state index contributed by atoms with van der Waals surface area (Å²) in [5.74, 6) is -0.786. The molecule has 10 heteroatoms. The van der Waals surface area contributed by atoms with Crippen LogP contribution in [0.1, 0.15) is 28.4 Å². The standard InChI is InChI=1S/C24H19F2N3O5/c1-12-6-7-19(28-20(12)13-4-3-5-14(8-13)21(27)30)29-22(31)23(2)11-32-16-10-18-17(9-15(16)23)33-24(25,26)34-18/h3-10H,11H2,1-2H3,(H2,27,30)(H,28,29,31). The van der Waals surface area contributed by atoms with Crippen molar-refractivity contribution in [1.82, 2.24) is 4.98 Å². The highest BCUT2D eigenvalue weighted by molar-refractivity contribution is 6.00. The molecule has 0 saturated carbocycles. The van der Waals surface area contributed by atoms with Crippen LogP contribution in [0.5, 0.6) is 17.2 Å². The lowest BCUT2D eigenvalue weighted by atomic mass is 9.83. The van der Waals surface area contributed by atoms with Crippen molar-refractivity contribution in [2.75, 3.05) is 11.9 Å². The van der Waals surface area contributed by atoms with E-state index in [-0.39, 0.29) is 29.7 Å². The Bertz CT molecular complexity index is 1360. The minimum absolute atomic E-state index is 0.00711. The van der Waals surface area contributed by atoms with Gasteiger partial charge >= 0.3 is 6.29 Å². The topological polar surface area (TPSA) is 113 Å². The molecular formula is C24H19F2N3O5. The Labute approximate surface area is 192 Å². The summed E-state index contributed by atoms with van der Waals surface area (Å²) in [6.45, 7) is 3.48. The van der Waals surface area contributed by atoms with Crippen molar-refractivity contribution in [2.45, 2.75) is 25.6 Å². The molecule has 0 radical (unpaired) electrons. The van der Waals surface area contributed by atoms with Crippen molar-refractivity contribution in [3.63, 3.8) is 0 Å². The first-order valence-electron chi connectivity index (χ1n) is 10.3. The second-order valence-corrected chi connectivity index (χ2v) is 8.34. The summed E-state index contributed by atoms with van der Waals surface area (Å²) in [6, 6.07) is 12.8. The van der Waals surface area contributed by atoms with Crippen molar-refractivity contribution in [3.8, 4) is 28.5 Å². The highest BCUT2D eigenvalue weighted by Crippen LogP contribution is 2.50. The first-order chi connectivity index (χ1) is 16.1. The summed E-state index contributed by atoms with van der Waals surface area (Å²) < 4.78 is 41.5. The quantitative estimate of drug-likeness (QED) is 0.604. The normalized spacial score (nSPS) is 19.3. The van der Waals surface area contributed by atoms with Gasteiger partial charge in [-0.1, -0.05) is 18.2 Å². The van der Waals surface area contributed by atoms with Crippen LogP contribution in [0.3, 0.4) is 0 Å². The molecule has 1 aromatic heterocycles. The van der Waals surface area contributed by atoms with E-state index in [1.807, 2.05) is 6.92 Å². The van der Waals surface area contributed by atoms with Crippen LogP contribution in [-0.4, -0.2) is 29.7 Å². The van der Waals surface area contributed by atoms with Crippen molar-refractivity contribution in [2.24, 2.45) is 5.73 Å². The summed E-state index contributed by atoms with van der Waals surface area (Å²) >= 11 is 0. The van der Waals surface area contributed by atoms with Crippen LogP contribution in [-0.2, 0) is 10.2 Å². The molecule has 3 aromatic rings. The smallest absolute Gasteiger partial charge is 0.492 e. The maximum atomic E-state index is 13.4. The van der Waals surface area contributed by atoms with E-state index in [0.29, 0.717) is 22.4 Å². The van der Waals surface area contributed by atoms with E-state index in [0.717, 1.165) is 5.56 Å². The average molecular weight is 467 g/mol. The third-order valence-electron chi connectivity index (χ3n) is 5.87. The number of nitrogens with two attached hydrogens (primary N) is 1. The highest BCUT2D eigenvalue weighted by atomic mass is 19.3. The Hall–Kier alpha value is -4.21. The lowest BCUT2D eigenvalue weighted by Gasteiger charge is -2.22. The van der Waals surface area contributed by atoms with Gasteiger partial charge in [0.25, 0.3) is 0 Å². The fourth-order valence-electron chi connectivity index (χ4n) is 3.98. The van der Waals surface area contributed by atoms with Gasteiger partial charge in [0.1, 0.15) is 23.6 Å². The molecule has 3 N–H and O–H groups in total. The molecule has 2 aliphatic rings. The van der Waals surface area contributed by atoms with Crippen LogP contribution in [0.4, 0.5) is 14.6 Å². The number of aryl methyl sites for hydroxylation is 1. The summed E-state index contributed by atoms with van der Waals surface area (Å²) in [7, 11) is 0. The largest absolute Gasteiger partial charge is 0.586 e. The molecule has 0 aliphatic carbocycles. The molecule has 2 aromatic carbocycles. The molecular weight excluding hydrogens is 448 g/mol. The van der Waals surface area contributed by atoms with Crippen LogP contribution >= 0.6 is 0 Å². The molecule has 1 unspecified atom stereocenters. The third-order valence-corrected chi connectivity index (χ3v) is 5.87.